The van der Waals surface area contributed by atoms with Crippen LogP contribution in [0, 0.1) is 0 Å². The molecule has 0 saturated carbocycles. The number of ether oxygens (including phenoxy) is 2. The molecule has 0 saturated heterocycles. The number of benzene rings is 3. The highest BCUT2D eigenvalue weighted by Gasteiger charge is 2.37. The van der Waals surface area contributed by atoms with Crippen molar-refractivity contribution in [2.24, 2.45) is 0 Å². The molecule has 2 amide bonds. The van der Waals surface area contributed by atoms with Crippen molar-refractivity contribution in [3.8, 4) is 17.2 Å². The second-order valence-electron chi connectivity index (χ2n) is 9.51. The number of unbranched alkanes of at least 4 members (excludes halogenated alkanes) is 1. The summed E-state index contributed by atoms with van der Waals surface area (Å²) in [5.74, 6) is 0.865. The summed E-state index contributed by atoms with van der Waals surface area (Å²) < 4.78 is 13.0. The van der Waals surface area contributed by atoms with Gasteiger partial charge in [-0.15, -0.1) is 0 Å². The van der Waals surface area contributed by atoms with Gasteiger partial charge in [0.05, 0.1) is 36.9 Å². The van der Waals surface area contributed by atoms with Crippen LogP contribution in [0.4, 0.5) is 5.69 Å². The first-order chi connectivity index (χ1) is 19.1. The van der Waals surface area contributed by atoms with E-state index in [2.05, 4.69) is 11.5 Å². The van der Waals surface area contributed by atoms with Gasteiger partial charge in [-0.05, 0) is 60.5 Å². The molecule has 1 atom stereocenters. The van der Waals surface area contributed by atoms with Crippen LogP contribution in [-0.4, -0.2) is 48.6 Å². The van der Waals surface area contributed by atoms with Gasteiger partial charge in [0.2, 0.25) is 5.91 Å². The zero-order chi connectivity index (χ0) is 27.4. The van der Waals surface area contributed by atoms with Crippen LogP contribution in [0.2, 0.25) is 0 Å². The van der Waals surface area contributed by atoms with E-state index in [0.717, 1.165) is 41.2 Å². The molecular formula is C32H33N3O4. The van der Waals surface area contributed by atoms with Crippen molar-refractivity contribution in [2.45, 2.75) is 25.8 Å². The van der Waals surface area contributed by atoms with E-state index in [-0.39, 0.29) is 24.4 Å². The maximum Gasteiger partial charge on any atom is 0.258 e. The molecule has 1 aromatic heterocycles. The van der Waals surface area contributed by atoms with E-state index in [1.54, 1.807) is 31.3 Å². The molecule has 0 fully saturated rings. The standard InChI is InChI=1S/C32H33N3O4/c1-4-5-20-33(32(37)25-11-6-9-15-29(25)39-3)22-30(36)35-27-13-8-7-12-26(27)34-21-10-14-28(34)31(35)23-16-18-24(38-2)19-17-23/h6-19,21,31H,4-5,20,22H2,1-3H3. The van der Waals surface area contributed by atoms with E-state index in [9.17, 15) is 9.59 Å². The number of amides is 2. The quantitative estimate of drug-likeness (QED) is 0.275. The highest BCUT2D eigenvalue weighted by Crippen LogP contribution is 2.42. The number of fused-ring (bicyclic) bond motifs is 3. The third-order valence-corrected chi connectivity index (χ3v) is 7.15. The van der Waals surface area contributed by atoms with Crippen molar-refractivity contribution >= 4 is 17.5 Å². The third-order valence-electron chi connectivity index (χ3n) is 7.15. The van der Waals surface area contributed by atoms with Crippen LogP contribution in [0.1, 0.15) is 47.4 Å². The van der Waals surface area contributed by atoms with E-state index >= 15 is 0 Å². The summed E-state index contributed by atoms with van der Waals surface area (Å²) in [4.78, 5) is 31.5. The average Bonchev–Trinajstić information content (AvgIpc) is 3.48. The van der Waals surface area contributed by atoms with Gasteiger partial charge in [-0.3, -0.25) is 14.5 Å². The molecule has 0 aliphatic carbocycles. The van der Waals surface area contributed by atoms with Crippen LogP contribution in [0.3, 0.4) is 0 Å². The van der Waals surface area contributed by atoms with Crippen LogP contribution in [0.5, 0.6) is 11.5 Å². The first kappa shape index (κ1) is 26.1. The number of hydrogen-bond acceptors (Lipinski definition) is 4. The van der Waals surface area contributed by atoms with E-state index in [1.807, 2.05) is 83.9 Å². The summed E-state index contributed by atoms with van der Waals surface area (Å²) >= 11 is 0. The number of para-hydroxylation sites is 3. The maximum absolute atomic E-state index is 14.3. The summed E-state index contributed by atoms with van der Waals surface area (Å²) in [6.45, 7) is 2.49. The second kappa shape index (κ2) is 11.5. The van der Waals surface area contributed by atoms with E-state index in [1.165, 1.54) is 0 Å². The van der Waals surface area contributed by atoms with Crippen LogP contribution in [0.25, 0.3) is 5.69 Å². The van der Waals surface area contributed by atoms with Crippen LogP contribution in [-0.2, 0) is 4.79 Å². The highest BCUT2D eigenvalue weighted by molar-refractivity contribution is 6.03. The van der Waals surface area contributed by atoms with Gasteiger partial charge >= 0.3 is 0 Å². The number of carbonyl (C=O) groups is 2. The maximum atomic E-state index is 14.3. The van der Waals surface area contributed by atoms with Crippen LogP contribution in [0.15, 0.2) is 91.1 Å². The zero-order valence-corrected chi connectivity index (χ0v) is 22.5. The van der Waals surface area contributed by atoms with Crippen molar-refractivity contribution in [1.82, 2.24) is 9.47 Å². The molecule has 1 aliphatic heterocycles. The fourth-order valence-corrected chi connectivity index (χ4v) is 5.20. The number of aromatic nitrogens is 1. The predicted molar refractivity (Wildman–Crippen MR) is 152 cm³/mol. The second-order valence-corrected chi connectivity index (χ2v) is 9.51. The van der Waals surface area contributed by atoms with Gasteiger partial charge in [0.25, 0.3) is 5.91 Å². The molecule has 1 aliphatic rings. The van der Waals surface area contributed by atoms with E-state index in [4.69, 9.17) is 9.47 Å². The molecule has 7 nitrogen and oxygen atoms in total. The van der Waals surface area contributed by atoms with Crippen molar-refractivity contribution in [2.75, 3.05) is 32.2 Å². The molecule has 0 spiro atoms. The Kier molecular flexibility index (Phi) is 7.68. The normalized spacial score (nSPS) is 13.8. The smallest absolute Gasteiger partial charge is 0.258 e. The lowest BCUT2D eigenvalue weighted by Crippen LogP contribution is -2.47. The van der Waals surface area contributed by atoms with Crippen LogP contribution < -0.4 is 14.4 Å². The van der Waals surface area contributed by atoms with Crippen molar-refractivity contribution in [3.05, 3.63) is 108 Å². The summed E-state index contributed by atoms with van der Waals surface area (Å²) in [7, 11) is 3.18. The van der Waals surface area contributed by atoms with Crippen molar-refractivity contribution in [1.29, 1.82) is 0 Å². The highest BCUT2D eigenvalue weighted by atomic mass is 16.5. The van der Waals surface area contributed by atoms with Crippen LogP contribution >= 0.6 is 0 Å². The minimum absolute atomic E-state index is 0.0570. The monoisotopic (exact) mass is 523 g/mol. The van der Waals surface area contributed by atoms with Gasteiger partial charge in [0, 0.05) is 12.7 Å². The van der Waals surface area contributed by atoms with E-state index in [0.29, 0.717) is 17.9 Å². The topological polar surface area (TPSA) is 64.0 Å². The molecule has 5 rings (SSSR count). The fourth-order valence-electron chi connectivity index (χ4n) is 5.20. The molecule has 2 heterocycles. The number of hydrogen-bond donors (Lipinski definition) is 0. The van der Waals surface area contributed by atoms with Crippen molar-refractivity contribution < 1.29 is 19.1 Å². The SMILES string of the molecule is CCCCN(CC(=O)N1c2ccccc2-n2cccc2C1c1ccc(OC)cc1)C(=O)c1ccccc1OC. The van der Waals surface area contributed by atoms with Crippen molar-refractivity contribution in [3.63, 3.8) is 0 Å². The molecule has 0 N–H and O–H groups in total. The molecule has 0 bridgehead atoms. The number of nitrogens with zero attached hydrogens (tertiary/aromatic N) is 3. The lowest BCUT2D eigenvalue weighted by molar-refractivity contribution is -0.119. The zero-order valence-electron chi connectivity index (χ0n) is 22.5. The predicted octanol–water partition coefficient (Wildman–Crippen LogP) is 5.87. The molecule has 0 radical (unpaired) electrons. The van der Waals surface area contributed by atoms with Gasteiger partial charge in [-0.25, -0.2) is 0 Å². The Bertz CT molecular complexity index is 1460. The Balaban J connectivity index is 1.56. The van der Waals surface area contributed by atoms with Gasteiger partial charge in [0.15, 0.2) is 0 Å². The molecular weight excluding hydrogens is 490 g/mol. The van der Waals surface area contributed by atoms with Gasteiger partial charge < -0.3 is 18.9 Å². The minimum Gasteiger partial charge on any atom is -0.497 e. The Morgan fingerprint density at radius 1 is 0.846 bits per heavy atom. The Hall–Kier alpha value is -4.52. The molecule has 200 valence electrons. The first-order valence-corrected chi connectivity index (χ1v) is 13.2. The Morgan fingerprint density at radius 3 is 2.28 bits per heavy atom. The summed E-state index contributed by atoms with van der Waals surface area (Å²) in [5, 5.41) is 0. The summed E-state index contributed by atoms with van der Waals surface area (Å²) in [6.07, 6.45) is 3.71. The average molecular weight is 524 g/mol. The number of methoxy groups -OCH3 is 2. The van der Waals surface area contributed by atoms with Gasteiger partial charge in [0.1, 0.15) is 24.1 Å². The molecule has 7 heteroatoms. The Labute approximate surface area is 229 Å². The fraction of sp³-hybridized carbons (Fsp3) is 0.250. The van der Waals surface area contributed by atoms with E-state index < -0.39 is 0 Å². The largest absolute Gasteiger partial charge is 0.497 e. The molecule has 39 heavy (non-hydrogen) atoms. The molecule has 4 aromatic rings. The first-order valence-electron chi connectivity index (χ1n) is 13.2. The summed E-state index contributed by atoms with van der Waals surface area (Å²) in [5.41, 5.74) is 4.10. The number of carbonyl (C=O) groups excluding carboxylic acids is 2. The minimum atomic E-state index is -0.373. The lowest BCUT2D eigenvalue weighted by atomic mass is 9.97. The molecule has 1 unspecified atom stereocenters. The van der Waals surface area contributed by atoms with Gasteiger partial charge in [-0.1, -0.05) is 49.7 Å². The Morgan fingerprint density at radius 2 is 1.56 bits per heavy atom. The number of rotatable bonds is 9. The number of anilines is 1. The summed E-state index contributed by atoms with van der Waals surface area (Å²) in [6, 6.07) is 26.5. The van der Waals surface area contributed by atoms with Gasteiger partial charge in [-0.2, -0.15) is 0 Å². The third kappa shape index (κ3) is 5.00. The molecule has 3 aromatic carbocycles. The lowest BCUT2D eigenvalue weighted by Gasteiger charge is -2.39.